The fourth-order valence-electron chi connectivity index (χ4n) is 2.00. The van der Waals surface area contributed by atoms with Crippen LogP contribution in [-0.4, -0.2) is 25.5 Å². The minimum atomic E-state index is -0.893. The Morgan fingerprint density at radius 3 is 2.54 bits per heavy atom. The number of aryl methyl sites for hydroxylation is 1. The number of nitrogens with one attached hydrogen (secondary N) is 1. The summed E-state index contributed by atoms with van der Waals surface area (Å²) in [6.07, 6.45) is 0. The summed E-state index contributed by atoms with van der Waals surface area (Å²) >= 11 is 0. The van der Waals surface area contributed by atoms with Crippen LogP contribution >= 0.6 is 0 Å². The molecule has 2 aromatic rings. The predicted octanol–water partition coefficient (Wildman–Crippen LogP) is 1.67. The highest BCUT2D eigenvalue weighted by Gasteiger charge is 2.29. The minimum absolute atomic E-state index is 0.00861. The van der Waals surface area contributed by atoms with Crippen LogP contribution in [0.15, 0.2) is 18.2 Å². The molecule has 1 aromatic heterocycles. The molecule has 11 nitrogen and oxygen atoms in total. The smallest absolute Gasteiger partial charge is 0.319 e. The number of nitrogens with zero attached hydrogens (tertiary/aromatic N) is 5. The number of benzene rings is 1. The van der Waals surface area contributed by atoms with Gasteiger partial charge in [0.25, 0.3) is 11.6 Å². The number of carbonyl (C=O) groups is 1. The summed E-state index contributed by atoms with van der Waals surface area (Å²) < 4.78 is 1.19. The van der Waals surface area contributed by atoms with Crippen LogP contribution in [0.1, 0.15) is 21.7 Å². The lowest BCUT2D eigenvalue weighted by atomic mass is 10.1. The van der Waals surface area contributed by atoms with Crippen molar-refractivity contribution in [1.29, 1.82) is 5.26 Å². The molecule has 11 heteroatoms. The molecule has 2 rings (SSSR count). The monoisotopic (exact) mass is 330 g/mol. The maximum atomic E-state index is 12.3. The van der Waals surface area contributed by atoms with E-state index in [1.54, 1.807) is 6.07 Å². The van der Waals surface area contributed by atoms with Crippen molar-refractivity contribution in [2.24, 2.45) is 7.05 Å². The Balaban J connectivity index is 2.41. The molecular weight excluding hydrogens is 320 g/mol. The van der Waals surface area contributed by atoms with Crippen molar-refractivity contribution in [3.8, 4) is 6.07 Å². The summed E-state index contributed by atoms with van der Waals surface area (Å²) in [5, 5.41) is 37.0. The number of anilines is 1. The molecule has 0 aliphatic rings. The molecule has 0 radical (unpaired) electrons. The highest BCUT2D eigenvalue weighted by Crippen LogP contribution is 2.25. The Labute approximate surface area is 134 Å². The molecule has 24 heavy (non-hydrogen) atoms. The standard InChI is InChI=1S/C13H10N6O5/c1-7-12(19(23)24)11(16-17(7)2)13(20)15-10-4-3-9(18(21)22)5-8(10)6-14/h3-5H,1-2H3,(H,15,20). The Morgan fingerprint density at radius 1 is 1.33 bits per heavy atom. The fourth-order valence-corrected chi connectivity index (χ4v) is 2.00. The molecular formula is C13H10N6O5. The van der Waals surface area contributed by atoms with E-state index in [0.29, 0.717) is 0 Å². The van der Waals surface area contributed by atoms with E-state index in [4.69, 9.17) is 5.26 Å². The van der Waals surface area contributed by atoms with Gasteiger partial charge in [0.1, 0.15) is 11.8 Å². The molecule has 0 saturated heterocycles. The van der Waals surface area contributed by atoms with Gasteiger partial charge in [-0.3, -0.25) is 29.7 Å². The number of hydrogen-bond donors (Lipinski definition) is 1. The average molecular weight is 330 g/mol. The third kappa shape index (κ3) is 2.88. The second-order valence-corrected chi connectivity index (χ2v) is 4.72. The van der Waals surface area contributed by atoms with Gasteiger partial charge >= 0.3 is 5.69 Å². The highest BCUT2D eigenvalue weighted by molar-refractivity contribution is 6.06. The first kappa shape index (κ1) is 16.6. The summed E-state index contributed by atoms with van der Waals surface area (Å²) in [7, 11) is 1.45. The van der Waals surface area contributed by atoms with Gasteiger partial charge < -0.3 is 5.32 Å². The molecule has 0 saturated carbocycles. The van der Waals surface area contributed by atoms with E-state index in [9.17, 15) is 25.0 Å². The SMILES string of the molecule is Cc1c([N+](=O)[O-])c(C(=O)Nc2ccc([N+](=O)[O-])cc2C#N)nn1C. The van der Waals surface area contributed by atoms with E-state index in [-0.39, 0.29) is 22.6 Å². The van der Waals surface area contributed by atoms with E-state index in [1.807, 2.05) is 0 Å². The Hall–Kier alpha value is -3.81. The van der Waals surface area contributed by atoms with E-state index in [1.165, 1.54) is 24.7 Å². The molecule has 0 aliphatic heterocycles. The largest absolute Gasteiger partial charge is 0.322 e. The van der Waals surface area contributed by atoms with E-state index in [0.717, 1.165) is 12.1 Å². The molecule has 0 atom stereocenters. The Bertz CT molecular complexity index is 910. The summed E-state index contributed by atoms with van der Waals surface area (Å²) in [5.74, 6) is -0.893. The fraction of sp³-hybridized carbons (Fsp3) is 0.154. The first-order valence-electron chi connectivity index (χ1n) is 6.44. The number of amides is 1. The van der Waals surface area contributed by atoms with Gasteiger partial charge in [-0.05, 0) is 13.0 Å². The number of nitro groups is 2. The first-order chi connectivity index (χ1) is 11.3. The van der Waals surface area contributed by atoms with Gasteiger partial charge in [0.05, 0.1) is 21.1 Å². The highest BCUT2D eigenvalue weighted by atomic mass is 16.6. The number of carbonyl (C=O) groups excluding carboxylic acids is 1. The number of rotatable bonds is 4. The van der Waals surface area contributed by atoms with Crippen LogP contribution in [0, 0.1) is 38.5 Å². The van der Waals surface area contributed by atoms with Gasteiger partial charge in [0.2, 0.25) is 5.69 Å². The number of hydrogen-bond acceptors (Lipinski definition) is 7. The summed E-state index contributed by atoms with van der Waals surface area (Å²) in [4.78, 5) is 32.7. The minimum Gasteiger partial charge on any atom is -0.319 e. The molecule has 1 amide bonds. The molecule has 0 fully saturated rings. The summed E-state index contributed by atoms with van der Waals surface area (Å²) in [6.45, 7) is 1.44. The number of nitriles is 1. The van der Waals surface area contributed by atoms with Gasteiger partial charge in [0, 0.05) is 19.2 Å². The van der Waals surface area contributed by atoms with Crippen LogP contribution in [0.25, 0.3) is 0 Å². The van der Waals surface area contributed by atoms with Crippen molar-refractivity contribution in [1.82, 2.24) is 9.78 Å². The number of aromatic nitrogens is 2. The molecule has 0 bridgehead atoms. The topological polar surface area (TPSA) is 157 Å². The van der Waals surface area contributed by atoms with Gasteiger partial charge in [0.15, 0.2) is 0 Å². The quantitative estimate of drug-likeness (QED) is 0.659. The van der Waals surface area contributed by atoms with Crippen LogP contribution < -0.4 is 5.32 Å². The normalized spacial score (nSPS) is 10.0. The van der Waals surface area contributed by atoms with Crippen LogP contribution in [0.4, 0.5) is 17.1 Å². The van der Waals surface area contributed by atoms with Crippen LogP contribution in [0.2, 0.25) is 0 Å². The third-order valence-corrected chi connectivity index (χ3v) is 3.28. The Morgan fingerprint density at radius 2 is 2.00 bits per heavy atom. The average Bonchev–Trinajstić information content (AvgIpc) is 2.83. The third-order valence-electron chi connectivity index (χ3n) is 3.28. The van der Waals surface area contributed by atoms with Crippen molar-refractivity contribution >= 4 is 23.0 Å². The van der Waals surface area contributed by atoms with Gasteiger partial charge in [-0.2, -0.15) is 10.4 Å². The zero-order valence-corrected chi connectivity index (χ0v) is 12.5. The molecule has 0 aliphatic carbocycles. The van der Waals surface area contributed by atoms with Crippen molar-refractivity contribution in [2.75, 3.05) is 5.32 Å². The van der Waals surface area contributed by atoms with Crippen molar-refractivity contribution in [2.45, 2.75) is 6.92 Å². The van der Waals surface area contributed by atoms with E-state index < -0.39 is 27.1 Å². The second-order valence-electron chi connectivity index (χ2n) is 4.72. The second kappa shape index (κ2) is 6.13. The van der Waals surface area contributed by atoms with E-state index in [2.05, 4.69) is 10.4 Å². The number of non-ortho nitro benzene ring substituents is 1. The van der Waals surface area contributed by atoms with Crippen molar-refractivity contribution < 1.29 is 14.6 Å². The lowest BCUT2D eigenvalue weighted by molar-refractivity contribution is -0.385. The summed E-state index contributed by atoms with van der Waals surface area (Å²) in [5.41, 5.74) is -1.14. The predicted molar refractivity (Wildman–Crippen MR) is 80.4 cm³/mol. The summed E-state index contributed by atoms with van der Waals surface area (Å²) in [6, 6.07) is 5.00. The van der Waals surface area contributed by atoms with Crippen molar-refractivity contribution in [3.63, 3.8) is 0 Å². The molecule has 0 spiro atoms. The zero-order valence-electron chi connectivity index (χ0n) is 12.5. The zero-order chi connectivity index (χ0) is 18.0. The molecule has 0 unspecified atom stereocenters. The van der Waals surface area contributed by atoms with Gasteiger partial charge in [-0.1, -0.05) is 0 Å². The lowest BCUT2D eigenvalue weighted by Crippen LogP contribution is -2.15. The maximum Gasteiger partial charge on any atom is 0.322 e. The molecule has 122 valence electrons. The van der Waals surface area contributed by atoms with Gasteiger partial charge in [-0.15, -0.1) is 0 Å². The van der Waals surface area contributed by atoms with Gasteiger partial charge in [-0.25, -0.2) is 0 Å². The maximum absolute atomic E-state index is 12.3. The first-order valence-corrected chi connectivity index (χ1v) is 6.44. The molecule has 1 heterocycles. The van der Waals surface area contributed by atoms with Crippen molar-refractivity contribution in [3.05, 3.63) is 55.4 Å². The van der Waals surface area contributed by atoms with Crippen LogP contribution in [0.3, 0.4) is 0 Å². The van der Waals surface area contributed by atoms with E-state index >= 15 is 0 Å². The lowest BCUT2D eigenvalue weighted by Gasteiger charge is -2.05. The van der Waals surface area contributed by atoms with Crippen LogP contribution in [0.5, 0.6) is 0 Å². The number of nitro benzene ring substituents is 1. The molecule has 1 N–H and O–H groups in total. The molecule has 1 aromatic carbocycles. The Kier molecular flexibility index (Phi) is 4.23. The van der Waals surface area contributed by atoms with Crippen LogP contribution in [-0.2, 0) is 7.05 Å².